The zero-order chi connectivity index (χ0) is 14.6. The number of ketones is 1. The van der Waals surface area contributed by atoms with Gasteiger partial charge in [0.1, 0.15) is 5.75 Å². The van der Waals surface area contributed by atoms with E-state index < -0.39 is 29.9 Å². The largest absolute Gasteiger partial charge is 0.573 e. The second kappa shape index (κ2) is 6.31. The molecule has 0 amide bonds. The summed E-state index contributed by atoms with van der Waals surface area (Å²) < 4.78 is 64.9. The van der Waals surface area contributed by atoms with Crippen LogP contribution in [0.5, 0.6) is 5.75 Å². The van der Waals surface area contributed by atoms with Gasteiger partial charge in [0, 0.05) is 17.3 Å². The number of Topliss-reactive ketones (excluding diaryl/α,β-unsaturated/α-hetero) is 1. The maximum atomic E-state index is 12.7. The number of ether oxygens (including phenoxy) is 1. The molecule has 1 aromatic carbocycles. The zero-order valence-electron chi connectivity index (χ0n) is 9.31. The standard InChI is InChI=1S/C11H8BrF5O2/c12-4-3-8(18)6-1-2-9(19-11(15,16)17)7(5-6)10(13)14/h1-2,5,10H,3-4H2. The molecule has 0 aliphatic heterocycles. The summed E-state index contributed by atoms with van der Waals surface area (Å²) in [6.07, 6.45) is -8.18. The van der Waals surface area contributed by atoms with E-state index in [0.717, 1.165) is 18.2 Å². The maximum absolute atomic E-state index is 12.7. The summed E-state index contributed by atoms with van der Waals surface area (Å²) in [5, 5.41) is 0.330. The van der Waals surface area contributed by atoms with Crippen molar-refractivity contribution in [3.63, 3.8) is 0 Å². The number of halogens is 6. The lowest BCUT2D eigenvalue weighted by Crippen LogP contribution is -2.18. The molecule has 0 atom stereocenters. The Morgan fingerprint density at radius 1 is 1.32 bits per heavy atom. The fraction of sp³-hybridized carbons (Fsp3) is 0.364. The first-order valence-electron chi connectivity index (χ1n) is 5.01. The van der Waals surface area contributed by atoms with Crippen molar-refractivity contribution >= 4 is 21.7 Å². The van der Waals surface area contributed by atoms with E-state index in [2.05, 4.69) is 20.7 Å². The fourth-order valence-electron chi connectivity index (χ4n) is 1.34. The third-order valence-electron chi connectivity index (χ3n) is 2.11. The van der Waals surface area contributed by atoms with Crippen LogP contribution in [0.4, 0.5) is 22.0 Å². The van der Waals surface area contributed by atoms with Crippen molar-refractivity contribution in [2.45, 2.75) is 19.2 Å². The first kappa shape index (κ1) is 15.9. The number of hydrogen-bond acceptors (Lipinski definition) is 2. The predicted molar refractivity (Wildman–Crippen MR) is 60.8 cm³/mol. The average molecular weight is 347 g/mol. The Kier molecular flexibility index (Phi) is 5.28. The minimum Gasteiger partial charge on any atom is -0.405 e. The molecule has 0 heterocycles. The summed E-state index contributed by atoms with van der Waals surface area (Å²) in [6.45, 7) is 0. The Hall–Kier alpha value is -1.18. The first-order valence-corrected chi connectivity index (χ1v) is 6.13. The Morgan fingerprint density at radius 2 is 1.95 bits per heavy atom. The number of benzene rings is 1. The second-order valence-corrected chi connectivity index (χ2v) is 4.26. The highest BCUT2D eigenvalue weighted by Crippen LogP contribution is 2.33. The van der Waals surface area contributed by atoms with E-state index >= 15 is 0 Å². The molecule has 0 radical (unpaired) electrons. The van der Waals surface area contributed by atoms with Gasteiger partial charge in [-0.25, -0.2) is 8.78 Å². The van der Waals surface area contributed by atoms with Crippen molar-refractivity contribution in [3.8, 4) is 5.75 Å². The summed E-state index contributed by atoms with van der Waals surface area (Å²) in [4.78, 5) is 11.5. The van der Waals surface area contributed by atoms with Crippen LogP contribution in [0.25, 0.3) is 0 Å². The highest BCUT2D eigenvalue weighted by molar-refractivity contribution is 9.09. The Labute approximate surface area is 113 Å². The van der Waals surface area contributed by atoms with Crippen LogP contribution in [0.15, 0.2) is 18.2 Å². The molecule has 1 aromatic rings. The normalized spacial score (nSPS) is 11.7. The van der Waals surface area contributed by atoms with Gasteiger partial charge in [0.2, 0.25) is 0 Å². The van der Waals surface area contributed by atoms with E-state index in [9.17, 15) is 26.7 Å². The van der Waals surface area contributed by atoms with E-state index in [1.807, 2.05) is 0 Å². The van der Waals surface area contributed by atoms with Crippen LogP contribution in [0.2, 0.25) is 0 Å². The third kappa shape index (κ3) is 4.77. The molecule has 8 heteroatoms. The van der Waals surface area contributed by atoms with Crippen molar-refractivity contribution in [2.75, 3.05) is 5.33 Å². The topological polar surface area (TPSA) is 26.3 Å². The van der Waals surface area contributed by atoms with Gasteiger partial charge in [0.05, 0.1) is 5.56 Å². The number of alkyl halides is 6. The summed E-state index contributed by atoms with van der Waals surface area (Å²) in [5.41, 5.74) is -1.04. The van der Waals surface area contributed by atoms with Gasteiger partial charge in [-0.1, -0.05) is 15.9 Å². The molecular formula is C11H8BrF5O2. The smallest absolute Gasteiger partial charge is 0.405 e. The SMILES string of the molecule is O=C(CCBr)c1ccc(OC(F)(F)F)c(C(F)F)c1. The van der Waals surface area contributed by atoms with Gasteiger partial charge >= 0.3 is 6.36 Å². The van der Waals surface area contributed by atoms with Gasteiger partial charge in [-0.2, -0.15) is 0 Å². The van der Waals surface area contributed by atoms with E-state index in [4.69, 9.17) is 0 Å². The van der Waals surface area contributed by atoms with Crippen LogP contribution >= 0.6 is 15.9 Å². The van der Waals surface area contributed by atoms with Crippen molar-refractivity contribution in [1.82, 2.24) is 0 Å². The van der Waals surface area contributed by atoms with Gasteiger partial charge in [0.25, 0.3) is 6.43 Å². The lowest BCUT2D eigenvalue weighted by molar-refractivity contribution is -0.275. The van der Waals surface area contributed by atoms with Gasteiger partial charge in [-0.15, -0.1) is 13.2 Å². The van der Waals surface area contributed by atoms with Crippen LogP contribution in [0.3, 0.4) is 0 Å². The molecule has 0 spiro atoms. The van der Waals surface area contributed by atoms with Crippen molar-refractivity contribution < 1.29 is 31.5 Å². The molecule has 2 nitrogen and oxygen atoms in total. The van der Waals surface area contributed by atoms with Gasteiger partial charge < -0.3 is 4.74 Å². The minimum absolute atomic E-state index is 0.0577. The molecule has 1 rings (SSSR count). The minimum atomic E-state index is -5.06. The van der Waals surface area contributed by atoms with Gasteiger partial charge in [0.15, 0.2) is 5.78 Å². The molecule has 0 aliphatic rings. The average Bonchev–Trinajstić information content (AvgIpc) is 2.27. The molecule has 0 saturated heterocycles. The van der Waals surface area contributed by atoms with E-state index in [0.29, 0.717) is 5.33 Å². The molecule has 0 saturated carbocycles. The highest BCUT2D eigenvalue weighted by atomic mass is 79.9. The monoisotopic (exact) mass is 346 g/mol. The molecule has 0 bridgehead atoms. The molecule has 19 heavy (non-hydrogen) atoms. The number of hydrogen-bond donors (Lipinski definition) is 0. The summed E-state index contributed by atoms with van der Waals surface area (Å²) >= 11 is 3.01. The Bertz CT molecular complexity index is 459. The second-order valence-electron chi connectivity index (χ2n) is 3.46. The number of rotatable bonds is 5. The molecule has 0 N–H and O–H groups in total. The van der Waals surface area contributed by atoms with Crippen molar-refractivity contribution in [1.29, 1.82) is 0 Å². The molecular weight excluding hydrogens is 339 g/mol. The van der Waals surface area contributed by atoms with Crippen LogP contribution in [0, 0.1) is 0 Å². The highest BCUT2D eigenvalue weighted by Gasteiger charge is 2.33. The lowest BCUT2D eigenvalue weighted by Gasteiger charge is -2.13. The Morgan fingerprint density at radius 3 is 2.42 bits per heavy atom. The zero-order valence-corrected chi connectivity index (χ0v) is 10.9. The van der Waals surface area contributed by atoms with Crippen LogP contribution in [-0.2, 0) is 0 Å². The molecule has 0 unspecified atom stereocenters. The molecule has 0 aliphatic carbocycles. The van der Waals surface area contributed by atoms with Crippen molar-refractivity contribution in [3.05, 3.63) is 29.3 Å². The Balaban J connectivity index is 3.11. The molecule has 106 valence electrons. The van der Waals surface area contributed by atoms with Gasteiger partial charge in [-0.05, 0) is 18.2 Å². The predicted octanol–water partition coefficient (Wildman–Crippen LogP) is 4.49. The lowest BCUT2D eigenvalue weighted by atomic mass is 10.0. The van der Waals surface area contributed by atoms with Gasteiger partial charge in [-0.3, -0.25) is 4.79 Å². The summed E-state index contributed by atoms with van der Waals surface area (Å²) in [7, 11) is 0. The fourth-order valence-corrected chi connectivity index (χ4v) is 1.70. The van der Waals surface area contributed by atoms with Crippen molar-refractivity contribution in [2.24, 2.45) is 0 Å². The van der Waals surface area contributed by atoms with E-state index in [1.165, 1.54) is 0 Å². The molecule has 0 fully saturated rings. The summed E-state index contributed by atoms with van der Waals surface area (Å²) in [6, 6.07) is 2.46. The molecule has 0 aromatic heterocycles. The first-order chi connectivity index (χ1) is 8.74. The van der Waals surface area contributed by atoms with E-state index in [1.54, 1.807) is 0 Å². The van der Waals surface area contributed by atoms with E-state index in [-0.39, 0.29) is 12.0 Å². The van der Waals surface area contributed by atoms with Crippen LogP contribution < -0.4 is 4.74 Å². The summed E-state index contributed by atoms with van der Waals surface area (Å²) in [5.74, 6) is -1.45. The number of carbonyl (C=O) groups excluding carboxylic acids is 1. The quantitative estimate of drug-likeness (QED) is 0.446. The van der Waals surface area contributed by atoms with Crippen LogP contribution in [-0.4, -0.2) is 17.5 Å². The third-order valence-corrected chi connectivity index (χ3v) is 2.51. The maximum Gasteiger partial charge on any atom is 0.573 e. The number of carbonyl (C=O) groups is 1. The van der Waals surface area contributed by atoms with Crippen LogP contribution in [0.1, 0.15) is 28.8 Å².